The van der Waals surface area contributed by atoms with Crippen LogP contribution in [0.25, 0.3) is 0 Å². The minimum absolute atomic E-state index is 0.446. The van der Waals surface area contributed by atoms with Crippen LogP contribution in [-0.2, 0) is 0 Å². The molecule has 0 aromatic carbocycles. The van der Waals surface area contributed by atoms with E-state index in [1.807, 2.05) is 0 Å². The van der Waals surface area contributed by atoms with Gasteiger partial charge in [-0.3, -0.25) is 0 Å². The molecule has 0 aromatic rings. The lowest BCUT2D eigenvalue weighted by molar-refractivity contribution is 0.136. The number of hydrogen-bond acceptors (Lipinski definition) is 2. The predicted molar refractivity (Wildman–Crippen MR) is 87.7 cm³/mol. The van der Waals surface area contributed by atoms with Crippen molar-refractivity contribution in [3.05, 3.63) is 0 Å². The molecule has 0 amide bonds. The van der Waals surface area contributed by atoms with Gasteiger partial charge in [0.05, 0.1) is 0 Å². The van der Waals surface area contributed by atoms with Crippen molar-refractivity contribution < 1.29 is 0 Å². The molecule has 118 valence electrons. The van der Waals surface area contributed by atoms with Crippen molar-refractivity contribution in [3.63, 3.8) is 0 Å². The van der Waals surface area contributed by atoms with E-state index >= 15 is 0 Å². The third-order valence-electron chi connectivity index (χ3n) is 5.95. The number of rotatable bonds is 3. The molecule has 1 heterocycles. The molecule has 20 heavy (non-hydrogen) atoms. The Labute approximate surface area is 126 Å². The molecule has 0 aromatic heterocycles. The van der Waals surface area contributed by atoms with E-state index in [-0.39, 0.29) is 0 Å². The number of likely N-dealkylation sites (tertiary alicyclic amines) is 1. The molecule has 2 fully saturated rings. The largest absolute Gasteiger partial charge is 0.327 e. The van der Waals surface area contributed by atoms with Crippen molar-refractivity contribution in [2.45, 2.75) is 72.3 Å². The molecule has 0 radical (unpaired) electrons. The zero-order chi connectivity index (χ0) is 14.8. The Morgan fingerprint density at radius 1 is 1.15 bits per heavy atom. The van der Waals surface area contributed by atoms with Crippen LogP contribution in [0.4, 0.5) is 0 Å². The summed E-state index contributed by atoms with van der Waals surface area (Å²) in [5, 5.41) is 0. The summed E-state index contributed by atoms with van der Waals surface area (Å²) in [5.74, 6) is 2.47. The summed E-state index contributed by atoms with van der Waals surface area (Å²) >= 11 is 0. The summed E-state index contributed by atoms with van der Waals surface area (Å²) in [7, 11) is 0. The summed E-state index contributed by atoms with van der Waals surface area (Å²) in [6, 6.07) is 0.446. The van der Waals surface area contributed by atoms with E-state index in [4.69, 9.17) is 5.73 Å². The smallest absolute Gasteiger partial charge is 0.00795 e. The van der Waals surface area contributed by atoms with Gasteiger partial charge in [0.15, 0.2) is 0 Å². The Kier molecular flexibility index (Phi) is 5.53. The van der Waals surface area contributed by atoms with Gasteiger partial charge in [-0.1, -0.05) is 27.7 Å². The number of nitrogens with two attached hydrogens (primary N) is 1. The van der Waals surface area contributed by atoms with Crippen molar-refractivity contribution in [2.24, 2.45) is 28.9 Å². The van der Waals surface area contributed by atoms with Crippen LogP contribution in [0.3, 0.4) is 0 Å². The van der Waals surface area contributed by atoms with Crippen LogP contribution in [0.15, 0.2) is 0 Å². The maximum atomic E-state index is 6.42. The molecule has 1 aliphatic heterocycles. The molecule has 1 saturated heterocycles. The first kappa shape index (κ1) is 16.3. The zero-order valence-corrected chi connectivity index (χ0v) is 14.2. The fourth-order valence-corrected chi connectivity index (χ4v) is 4.13. The average Bonchev–Trinajstić information content (AvgIpc) is 2.53. The van der Waals surface area contributed by atoms with E-state index in [0.717, 1.165) is 17.8 Å². The molecule has 2 nitrogen and oxygen atoms in total. The standard InChI is InChI=1S/C18H36N2/c1-14(2)15-6-7-17(19)16(12-15)13-20-10-5-8-18(3,4)9-11-20/h14-17H,5-13,19H2,1-4H3. The van der Waals surface area contributed by atoms with Gasteiger partial charge in [-0.25, -0.2) is 0 Å². The molecule has 3 atom stereocenters. The normalized spacial score (nSPS) is 36.0. The molecular formula is C18H36N2. The highest BCUT2D eigenvalue weighted by Crippen LogP contribution is 2.35. The topological polar surface area (TPSA) is 29.3 Å². The van der Waals surface area contributed by atoms with Crippen molar-refractivity contribution in [3.8, 4) is 0 Å². The van der Waals surface area contributed by atoms with Gasteiger partial charge in [-0.15, -0.1) is 0 Å². The summed E-state index contributed by atoms with van der Waals surface area (Å²) in [5.41, 5.74) is 6.97. The molecule has 2 heteroatoms. The summed E-state index contributed by atoms with van der Waals surface area (Å²) in [4.78, 5) is 2.71. The minimum atomic E-state index is 0.446. The Bertz CT molecular complexity index is 298. The van der Waals surface area contributed by atoms with Gasteiger partial charge in [0.2, 0.25) is 0 Å². The van der Waals surface area contributed by atoms with E-state index in [9.17, 15) is 0 Å². The quantitative estimate of drug-likeness (QED) is 0.849. The summed E-state index contributed by atoms with van der Waals surface area (Å²) < 4.78 is 0. The lowest BCUT2D eigenvalue weighted by Crippen LogP contribution is -2.44. The molecule has 2 aliphatic rings. The van der Waals surface area contributed by atoms with Crippen molar-refractivity contribution >= 4 is 0 Å². The van der Waals surface area contributed by atoms with Gasteiger partial charge in [-0.2, -0.15) is 0 Å². The molecule has 2 rings (SSSR count). The first-order valence-electron chi connectivity index (χ1n) is 8.85. The van der Waals surface area contributed by atoms with Crippen LogP contribution in [-0.4, -0.2) is 30.6 Å². The van der Waals surface area contributed by atoms with Gasteiger partial charge < -0.3 is 10.6 Å². The molecule has 1 aliphatic carbocycles. The molecular weight excluding hydrogens is 244 g/mol. The van der Waals surface area contributed by atoms with Crippen LogP contribution in [0.5, 0.6) is 0 Å². The van der Waals surface area contributed by atoms with Crippen LogP contribution in [0.2, 0.25) is 0 Å². The average molecular weight is 280 g/mol. The highest BCUT2D eigenvalue weighted by atomic mass is 15.1. The van der Waals surface area contributed by atoms with E-state index in [1.54, 1.807) is 0 Å². The molecule has 2 N–H and O–H groups in total. The highest BCUT2D eigenvalue weighted by Gasteiger charge is 2.32. The number of hydrogen-bond donors (Lipinski definition) is 1. The maximum absolute atomic E-state index is 6.42. The van der Waals surface area contributed by atoms with Crippen molar-refractivity contribution in [1.29, 1.82) is 0 Å². The molecule has 0 bridgehead atoms. The Morgan fingerprint density at radius 3 is 2.60 bits per heavy atom. The number of nitrogens with zero attached hydrogens (tertiary/aromatic N) is 1. The SMILES string of the molecule is CC(C)C1CCC(N)C(CN2CCCC(C)(C)CC2)C1. The monoisotopic (exact) mass is 280 g/mol. The molecule has 3 unspecified atom stereocenters. The molecule has 1 saturated carbocycles. The zero-order valence-electron chi connectivity index (χ0n) is 14.2. The van der Waals surface area contributed by atoms with E-state index < -0.39 is 0 Å². The summed E-state index contributed by atoms with van der Waals surface area (Å²) in [6.07, 6.45) is 8.05. The Hall–Kier alpha value is -0.0800. The lowest BCUT2D eigenvalue weighted by Gasteiger charge is -2.38. The van der Waals surface area contributed by atoms with Crippen LogP contribution >= 0.6 is 0 Å². The highest BCUT2D eigenvalue weighted by molar-refractivity contribution is 4.86. The fraction of sp³-hybridized carbons (Fsp3) is 1.00. The van der Waals surface area contributed by atoms with E-state index in [1.165, 1.54) is 58.2 Å². The minimum Gasteiger partial charge on any atom is -0.327 e. The van der Waals surface area contributed by atoms with Gasteiger partial charge >= 0.3 is 0 Å². The fourth-order valence-electron chi connectivity index (χ4n) is 4.13. The van der Waals surface area contributed by atoms with E-state index in [2.05, 4.69) is 32.6 Å². The van der Waals surface area contributed by atoms with Gasteiger partial charge in [0.1, 0.15) is 0 Å². The lowest BCUT2D eigenvalue weighted by atomic mass is 9.73. The Balaban J connectivity index is 1.87. The third kappa shape index (κ3) is 4.46. The second kappa shape index (κ2) is 6.79. The van der Waals surface area contributed by atoms with Gasteiger partial charge in [0, 0.05) is 12.6 Å². The third-order valence-corrected chi connectivity index (χ3v) is 5.95. The predicted octanol–water partition coefficient (Wildman–Crippen LogP) is 3.90. The Morgan fingerprint density at radius 2 is 1.90 bits per heavy atom. The molecule has 0 spiro atoms. The first-order valence-corrected chi connectivity index (χ1v) is 8.85. The second-order valence-electron chi connectivity index (χ2n) is 8.56. The van der Waals surface area contributed by atoms with Gasteiger partial charge in [0.25, 0.3) is 0 Å². The van der Waals surface area contributed by atoms with Crippen molar-refractivity contribution in [2.75, 3.05) is 19.6 Å². The van der Waals surface area contributed by atoms with Crippen molar-refractivity contribution in [1.82, 2.24) is 4.90 Å². The first-order chi connectivity index (χ1) is 9.37. The van der Waals surface area contributed by atoms with Crippen LogP contribution < -0.4 is 5.73 Å². The van der Waals surface area contributed by atoms with Crippen LogP contribution in [0.1, 0.15) is 66.2 Å². The van der Waals surface area contributed by atoms with E-state index in [0.29, 0.717) is 11.5 Å². The van der Waals surface area contributed by atoms with Gasteiger partial charge in [-0.05, 0) is 74.8 Å². The maximum Gasteiger partial charge on any atom is 0.00795 e. The second-order valence-corrected chi connectivity index (χ2v) is 8.56. The summed E-state index contributed by atoms with van der Waals surface area (Å²) in [6.45, 7) is 13.4. The van der Waals surface area contributed by atoms with Crippen LogP contribution in [0, 0.1) is 23.2 Å².